The van der Waals surface area contributed by atoms with Gasteiger partial charge < -0.3 is 11.1 Å². The number of anilines is 1. The van der Waals surface area contributed by atoms with Crippen LogP contribution in [0.2, 0.25) is 0 Å². The topological polar surface area (TPSA) is 72.9 Å². The summed E-state index contributed by atoms with van der Waals surface area (Å²) >= 11 is 0. The Bertz CT molecular complexity index is 330. The molecule has 0 spiro atoms. The van der Waals surface area contributed by atoms with Crippen LogP contribution in [-0.2, 0) is 0 Å². The van der Waals surface area contributed by atoms with E-state index >= 15 is 0 Å². The van der Waals surface area contributed by atoms with E-state index in [1.807, 2.05) is 20.8 Å². The maximum Gasteiger partial charge on any atom is 0.271 e. The van der Waals surface area contributed by atoms with E-state index in [-0.39, 0.29) is 11.9 Å². The van der Waals surface area contributed by atoms with Crippen molar-refractivity contribution in [3.8, 4) is 0 Å². The molecule has 5 nitrogen and oxygen atoms in total. The lowest BCUT2D eigenvalue weighted by Gasteiger charge is -2.06. The zero-order chi connectivity index (χ0) is 10.7. The molecule has 3 N–H and O–H groups in total. The van der Waals surface area contributed by atoms with Crippen LogP contribution in [0.5, 0.6) is 0 Å². The Morgan fingerprint density at radius 2 is 2.36 bits per heavy atom. The molecule has 5 heteroatoms. The van der Waals surface area contributed by atoms with Crippen LogP contribution in [0.25, 0.3) is 0 Å². The van der Waals surface area contributed by atoms with E-state index < -0.39 is 0 Å². The fourth-order valence-electron chi connectivity index (χ4n) is 1.18. The van der Waals surface area contributed by atoms with E-state index in [9.17, 15) is 4.79 Å². The van der Waals surface area contributed by atoms with Gasteiger partial charge in [0.05, 0.1) is 0 Å². The summed E-state index contributed by atoms with van der Waals surface area (Å²) in [4.78, 5) is 11.4. The van der Waals surface area contributed by atoms with E-state index in [4.69, 9.17) is 5.73 Å². The molecular formula is C9H16N4O. The number of hydrogen-bond donors (Lipinski definition) is 2. The third-order valence-corrected chi connectivity index (χ3v) is 1.82. The predicted octanol–water partition coefficient (Wildman–Crippen LogP) is 0.796. The standard InChI is InChI=1S/C9H16N4O/c1-4-11-9(14)7-5-8(10)13(12-7)6(2)3/h5-6H,4,10H2,1-3H3,(H,11,14). The van der Waals surface area contributed by atoms with Crippen molar-refractivity contribution in [1.82, 2.24) is 15.1 Å². The number of rotatable bonds is 3. The van der Waals surface area contributed by atoms with Crippen molar-refractivity contribution in [2.75, 3.05) is 12.3 Å². The molecule has 1 heterocycles. The first-order valence-electron chi connectivity index (χ1n) is 4.69. The van der Waals surface area contributed by atoms with Gasteiger partial charge in [-0.15, -0.1) is 0 Å². The van der Waals surface area contributed by atoms with Crippen molar-refractivity contribution in [3.05, 3.63) is 11.8 Å². The first kappa shape index (κ1) is 10.6. The minimum absolute atomic E-state index is 0.165. The SMILES string of the molecule is CCNC(=O)c1cc(N)n(C(C)C)n1. The molecule has 0 unspecified atom stereocenters. The van der Waals surface area contributed by atoms with Gasteiger partial charge >= 0.3 is 0 Å². The van der Waals surface area contributed by atoms with E-state index in [0.717, 1.165) is 0 Å². The van der Waals surface area contributed by atoms with Crippen molar-refractivity contribution in [2.24, 2.45) is 0 Å². The first-order valence-corrected chi connectivity index (χ1v) is 4.69. The molecule has 1 amide bonds. The quantitative estimate of drug-likeness (QED) is 0.750. The Kier molecular flexibility index (Phi) is 3.11. The van der Waals surface area contributed by atoms with E-state index in [2.05, 4.69) is 10.4 Å². The highest BCUT2D eigenvalue weighted by Gasteiger charge is 2.12. The van der Waals surface area contributed by atoms with Crippen LogP contribution in [0, 0.1) is 0 Å². The number of hydrogen-bond acceptors (Lipinski definition) is 3. The Balaban J connectivity index is 2.90. The summed E-state index contributed by atoms with van der Waals surface area (Å²) in [7, 11) is 0. The molecule has 14 heavy (non-hydrogen) atoms. The lowest BCUT2D eigenvalue weighted by atomic mass is 10.4. The zero-order valence-corrected chi connectivity index (χ0v) is 8.74. The van der Waals surface area contributed by atoms with Gasteiger partial charge in [0.1, 0.15) is 5.82 Å². The van der Waals surface area contributed by atoms with Gasteiger partial charge in [0.25, 0.3) is 5.91 Å². The Labute approximate surface area is 83.3 Å². The van der Waals surface area contributed by atoms with E-state index in [1.165, 1.54) is 0 Å². The van der Waals surface area contributed by atoms with Crippen LogP contribution in [0.4, 0.5) is 5.82 Å². The van der Waals surface area contributed by atoms with Crippen molar-refractivity contribution in [1.29, 1.82) is 0 Å². The highest BCUT2D eigenvalue weighted by atomic mass is 16.1. The average Bonchev–Trinajstić information content (AvgIpc) is 2.48. The van der Waals surface area contributed by atoms with Crippen molar-refractivity contribution < 1.29 is 4.79 Å². The molecule has 1 aromatic rings. The second kappa shape index (κ2) is 4.13. The van der Waals surface area contributed by atoms with Crippen LogP contribution in [0.15, 0.2) is 6.07 Å². The molecule has 1 aromatic heterocycles. The van der Waals surface area contributed by atoms with Crippen LogP contribution in [0.3, 0.4) is 0 Å². The third kappa shape index (κ3) is 2.04. The number of carbonyl (C=O) groups is 1. The summed E-state index contributed by atoms with van der Waals surface area (Å²) in [5.74, 6) is 0.333. The minimum Gasteiger partial charge on any atom is -0.384 e. The maximum absolute atomic E-state index is 11.4. The second-order valence-electron chi connectivity index (χ2n) is 3.35. The Hall–Kier alpha value is -1.52. The van der Waals surface area contributed by atoms with Crippen molar-refractivity contribution in [3.63, 3.8) is 0 Å². The summed E-state index contributed by atoms with van der Waals surface area (Å²) in [5, 5.41) is 6.78. The number of carbonyl (C=O) groups excluding carboxylic acids is 1. The normalized spacial score (nSPS) is 10.6. The van der Waals surface area contributed by atoms with Crippen LogP contribution < -0.4 is 11.1 Å². The molecule has 0 fully saturated rings. The number of amides is 1. The van der Waals surface area contributed by atoms with Crippen LogP contribution in [0.1, 0.15) is 37.3 Å². The van der Waals surface area contributed by atoms with Crippen LogP contribution in [-0.4, -0.2) is 22.2 Å². The molecule has 0 radical (unpaired) electrons. The van der Waals surface area contributed by atoms with Gasteiger partial charge in [0.15, 0.2) is 5.69 Å². The number of aromatic nitrogens is 2. The Morgan fingerprint density at radius 3 is 2.79 bits per heavy atom. The lowest BCUT2D eigenvalue weighted by molar-refractivity contribution is 0.0950. The summed E-state index contributed by atoms with van der Waals surface area (Å²) in [6.07, 6.45) is 0. The summed E-state index contributed by atoms with van der Waals surface area (Å²) in [5.41, 5.74) is 6.07. The molecule has 0 aromatic carbocycles. The van der Waals surface area contributed by atoms with E-state index in [0.29, 0.717) is 18.1 Å². The molecule has 0 atom stereocenters. The predicted molar refractivity (Wildman–Crippen MR) is 55.0 cm³/mol. The van der Waals surface area contributed by atoms with Gasteiger partial charge in [-0.05, 0) is 20.8 Å². The second-order valence-corrected chi connectivity index (χ2v) is 3.35. The number of nitrogens with one attached hydrogen (secondary N) is 1. The van der Waals surface area contributed by atoms with Crippen molar-refractivity contribution in [2.45, 2.75) is 26.8 Å². The lowest BCUT2D eigenvalue weighted by Crippen LogP contribution is -2.23. The van der Waals surface area contributed by atoms with Crippen LogP contribution >= 0.6 is 0 Å². The molecule has 0 aliphatic carbocycles. The molecule has 0 aliphatic heterocycles. The molecule has 0 aliphatic rings. The van der Waals surface area contributed by atoms with Gasteiger partial charge in [-0.25, -0.2) is 4.68 Å². The third-order valence-electron chi connectivity index (χ3n) is 1.82. The highest BCUT2D eigenvalue weighted by Crippen LogP contribution is 2.12. The molecule has 0 bridgehead atoms. The van der Waals surface area contributed by atoms with Gasteiger partial charge in [-0.3, -0.25) is 4.79 Å². The summed E-state index contributed by atoms with van der Waals surface area (Å²) in [6.45, 7) is 6.38. The fraction of sp³-hybridized carbons (Fsp3) is 0.556. The van der Waals surface area contributed by atoms with Crippen molar-refractivity contribution >= 4 is 11.7 Å². The number of nitrogens with zero attached hydrogens (tertiary/aromatic N) is 2. The molecular weight excluding hydrogens is 180 g/mol. The monoisotopic (exact) mass is 196 g/mol. The molecule has 1 rings (SSSR count). The zero-order valence-electron chi connectivity index (χ0n) is 8.74. The maximum atomic E-state index is 11.4. The smallest absolute Gasteiger partial charge is 0.271 e. The first-order chi connectivity index (χ1) is 6.56. The number of nitrogens with two attached hydrogens (primary N) is 1. The van der Waals surface area contributed by atoms with Gasteiger partial charge in [0.2, 0.25) is 0 Å². The summed E-state index contributed by atoms with van der Waals surface area (Å²) < 4.78 is 1.63. The van der Waals surface area contributed by atoms with E-state index in [1.54, 1.807) is 10.7 Å². The molecule has 0 saturated heterocycles. The molecule has 0 saturated carbocycles. The Morgan fingerprint density at radius 1 is 1.71 bits per heavy atom. The number of nitrogen functional groups attached to an aromatic ring is 1. The largest absolute Gasteiger partial charge is 0.384 e. The van der Waals surface area contributed by atoms with Gasteiger partial charge in [-0.1, -0.05) is 0 Å². The minimum atomic E-state index is -0.182. The average molecular weight is 196 g/mol. The fourth-order valence-corrected chi connectivity index (χ4v) is 1.18. The molecule has 78 valence electrons. The summed E-state index contributed by atoms with van der Waals surface area (Å²) in [6, 6.07) is 1.75. The highest BCUT2D eigenvalue weighted by molar-refractivity contribution is 5.92. The van der Waals surface area contributed by atoms with Gasteiger partial charge in [0, 0.05) is 18.7 Å². The van der Waals surface area contributed by atoms with Gasteiger partial charge in [-0.2, -0.15) is 5.10 Å².